The van der Waals surface area contributed by atoms with Gasteiger partial charge in [-0.05, 0) is 133 Å². The molecule has 0 aliphatic carbocycles. The summed E-state index contributed by atoms with van der Waals surface area (Å²) >= 11 is 0. The molecule has 0 spiro atoms. The fraction of sp³-hybridized carbons (Fsp3) is 0. The third kappa shape index (κ3) is 7.85. The summed E-state index contributed by atoms with van der Waals surface area (Å²) in [4.78, 5) is 2.32. The Balaban J connectivity index is 0.739. The van der Waals surface area contributed by atoms with Gasteiger partial charge in [0.15, 0.2) is 0 Å². The second-order valence-corrected chi connectivity index (χ2v) is 17.4. The zero-order valence-corrected chi connectivity index (χ0v) is 37.5. The van der Waals surface area contributed by atoms with Gasteiger partial charge in [-0.2, -0.15) is 0 Å². The molecule has 0 aliphatic heterocycles. The third-order valence-electron chi connectivity index (χ3n) is 13.3. The molecule has 2 heteroatoms. The van der Waals surface area contributed by atoms with Gasteiger partial charge in [-0.25, -0.2) is 0 Å². The van der Waals surface area contributed by atoms with E-state index in [1.807, 2.05) is 0 Å². The Labute approximate surface area is 397 Å². The lowest BCUT2D eigenvalue weighted by Crippen LogP contribution is -2.09. The second kappa shape index (κ2) is 17.8. The first-order valence-electron chi connectivity index (χ1n) is 23.3. The van der Waals surface area contributed by atoms with Crippen LogP contribution in [0.2, 0.25) is 0 Å². The molecule has 68 heavy (non-hydrogen) atoms. The molecule has 0 radical (unpaired) electrons. The molecule has 11 aromatic carbocycles. The van der Waals surface area contributed by atoms with Crippen LogP contribution < -0.4 is 4.90 Å². The molecule has 0 atom stereocenters. The van der Waals surface area contributed by atoms with Crippen LogP contribution in [-0.2, 0) is 0 Å². The van der Waals surface area contributed by atoms with Gasteiger partial charge >= 0.3 is 0 Å². The highest BCUT2D eigenvalue weighted by Crippen LogP contribution is 2.39. The van der Waals surface area contributed by atoms with Crippen LogP contribution in [0.3, 0.4) is 0 Å². The molecule has 0 aliphatic rings. The topological polar surface area (TPSA) is 8.17 Å². The maximum absolute atomic E-state index is 2.36. The van der Waals surface area contributed by atoms with Gasteiger partial charge in [-0.15, -0.1) is 0 Å². The van der Waals surface area contributed by atoms with Crippen molar-refractivity contribution in [2.75, 3.05) is 4.90 Å². The lowest BCUT2D eigenvalue weighted by molar-refractivity contribution is 1.18. The van der Waals surface area contributed by atoms with Crippen molar-refractivity contribution in [3.8, 4) is 72.4 Å². The molecule has 12 rings (SSSR count). The number of aromatic nitrogens is 1. The van der Waals surface area contributed by atoms with Crippen LogP contribution in [0.4, 0.5) is 17.1 Å². The van der Waals surface area contributed by atoms with Gasteiger partial charge in [0.1, 0.15) is 0 Å². The average molecular weight is 867 g/mol. The first-order chi connectivity index (χ1) is 33.7. The highest BCUT2D eigenvalue weighted by Gasteiger charge is 2.15. The number of hydrogen-bond donors (Lipinski definition) is 0. The fourth-order valence-corrected chi connectivity index (χ4v) is 9.69. The summed E-state index contributed by atoms with van der Waals surface area (Å²) in [5.74, 6) is 0. The normalized spacial score (nSPS) is 11.2. The van der Waals surface area contributed by atoms with E-state index in [0.717, 1.165) is 17.1 Å². The molecule has 2 nitrogen and oxygen atoms in total. The van der Waals surface area contributed by atoms with Crippen molar-refractivity contribution in [1.29, 1.82) is 0 Å². The predicted octanol–water partition coefficient (Wildman–Crippen LogP) is 18.3. The number of anilines is 3. The van der Waals surface area contributed by atoms with Crippen molar-refractivity contribution >= 4 is 38.9 Å². The molecule has 320 valence electrons. The van der Waals surface area contributed by atoms with Crippen LogP contribution in [0, 0.1) is 0 Å². The van der Waals surface area contributed by atoms with Crippen LogP contribution in [0.5, 0.6) is 0 Å². The van der Waals surface area contributed by atoms with E-state index in [4.69, 9.17) is 0 Å². The molecule has 0 saturated heterocycles. The van der Waals surface area contributed by atoms with Gasteiger partial charge in [0, 0.05) is 33.5 Å². The van der Waals surface area contributed by atoms with E-state index >= 15 is 0 Å². The summed E-state index contributed by atoms with van der Waals surface area (Å²) in [6.07, 6.45) is 0. The minimum atomic E-state index is 1.11. The number of rotatable bonds is 10. The van der Waals surface area contributed by atoms with E-state index in [0.29, 0.717) is 0 Å². The first kappa shape index (κ1) is 40.5. The number of fused-ring (bicyclic) bond motifs is 3. The number of benzene rings is 11. The van der Waals surface area contributed by atoms with E-state index in [2.05, 4.69) is 289 Å². The number of para-hydroxylation sites is 3. The SMILES string of the molecule is c1ccc(-c2ccc(-c3ccc(N(c4ccccc4)c4ccc(-c5ccc(-c6ccc(-c7ccc(-c8ccc9c(c8)c8ccccc8n9-c8ccccc8)cc7)cc6)cc5)cc4)cc3)cc2)cc1. The van der Waals surface area contributed by atoms with Gasteiger partial charge in [-0.1, -0.05) is 212 Å². The van der Waals surface area contributed by atoms with Crippen LogP contribution in [0.1, 0.15) is 0 Å². The molecule has 0 saturated carbocycles. The van der Waals surface area contributed by atoms with Crippen molar-refractivity contribution in [2.45, 2.75) is 0 Å². The summed E-state index contributed by atoms with van der Waals surface area (Å²) in [5.41, 5.74) is 21.4. The lowest BCUT2D eigenvalue weighted by Gasteiger charge is -2.26. The molecule has 0 fully saturated rings. The van der Waals surface area contributed by atoms with E-state index in [-0.39, 0.29) is 0 Å². The zero-order valence-electron chi connectivity index (χ0n) is 37.5. The summed E-state index contributed by atoms with van der Waals surface area (Å²) < 4.78 is 2.36. The van der Waals surface area contributed by atoms with E-state index in [1.165, 1.54) is 94.3 Å². The van der Waals surface area contributed by atoms with Crippen molar-refractivity contribution in [1.82, 2.24) is 4.57 Å². The maximum atomic E-state index is 2.36. The minimum Gasteiger partial charge on any atom is -0.311 e. The Morgan fingerprint density at radius 1 is 0.206 bits per heavy atom. The molecule has 12 aromatic rings. The summed E-state index contributed by atoms with van der Waals surface area (Å²) in [5, 5.41) is 2.53. The molecule has 0 bridgehead atoms. The van der Waals surface area contributed by atoms with Gasteiger partial charge < -0.3 is 9.47 Å². The third-order valence-corrected chi connectivity index (χ3v) is 13.3. The zero-order chi connectivity index (χ0) is 45.2. The van der Waals surface area contributed by atoms with E-state index < -0.39 is 0 Å². The minimum absolute atomic E-state index is 1.11. The summed E-state index contributed by atoms with van der Waals surface area (Å²) in [7, 11) is 0. The number of hydrogen-bond acceptors (Lipinski definition) is 1. The smallest absolute Gasteiger partial charge is 0.0541 e. The van der Waals surface area contributed by atoms with Crippen molar-refractivity contribution in [2.24, 2.45) is 0 Å². The summed E-state index contributed by atoms with van der Waals surface area (Å²) in [6, 6.07) is 101. The predicted molar refractivity (Wildman–Crippen MR) is 288 cm³/mol. The standard InChI is InChI=1S/C66H46N2/c1-4-12-47(13-5-1)48-20-22-53(23-21-48)55-36-41-61(42-37-55)67(59-14-6-2-7-15-59)62-43-38-56(39-44-62)54-30-28-50(29-31-54)49-24-26-51(27-25-49)52-32-34-57(35-33-52)58-40-45-66-64(46-58)63-18-10-11-19-65(63)68(66)60-16-8-3-9-17-60/h1-46H. The maximum Gasteiger partial charge on any atom is 0.0541 e. The quantitative estimate of drug-likeness (QED) is 0.133. The molecular weight excluding hydrogens is 821 g/mol. The Hall–Kier alpha value is -8.98. The van der Waals surface area contributed by atoms with Gasteiger partial charge in [0.25, 0.3) is 0 Å². The van der Waals surface area contributed by atoms with Crippen LogP contribution >= 0.6 is 0 Å². The molecule has 0 unspecified atom stereocenters. The highest BCUT2D eigenvalue weighted by molar-refractivity contribution is 6.10. The molecule has 0 amide bonds. The molecule has 1 heterocycles. The lowest BCUT2D eigenvalue weighted by atomic mass is 9.96. The Bertz CT molecular complexity index is 3630. The van der Waals surface area contributed by atoms with Crippen molar-refractivity contribution < 1.29 is 0 Å². The van der Waals surface area contributed by atoms with Gasteiger partial charge in [0.2, 0.25) is 0 Å². The van der Waals surface area contributed by atoms with E-state index in [1.54, 1.807) is 0 Å². The Kier molecular flexibility index (Phi) is 10.6. The monoisotopic (exact) mass is 866 g/mol. The van der Waals surface area contributed by atoms with Crippen molar-refractivity contribution in [3.05, 3.63) is 279 Å². The fourth-order valence-electron chi connectivity index (χ4n) is 9.69. The number of nitrogens with zero attached hydrogens (tertiary/aromatic N) is 2. The van der Waals surface area contributed by atoms with Crippen LogP contribution in [-0.4, -0.2) is 4.57 Å². The Morgan fingerprint density at radius 3 is 0.941 bits per heavy atom. The largest absolute Gasteiger partial charge is 0.311 e. The Morgan fingerprint density at radius 2 is 0.500 bits per heavy atom. The van der Waals surface area contributed by atoms with Crippen molar-refractivity contribution in [3.63, 3.8) is 0 Å². The van der Waals surface area contributed by atoms with Gasteiger partial charge in [-0.3, -0.25) is 0 Å². The van der Waals surface area contributed by atoms with E-state index in [9.17, 15) is 0 Å². The molecular formula is C66H46N2. The highest BCUT2D eigenvalue weighted by atomic mass is 15.1. The van der Waals surface area contributed by atoms with Crippen LogP contribution in [0.15, 0.2) is 279 Å². The average Bonchev–Trinajstić information content (AvgIpc) is 3.76. The van der Waals surface area contributed by atoms with Crippen LogP contribution in [0.25, 0.3) is 94.3 Å². The molecule has 0 N–H and O–H groups in total. The first-order valence-corrected chi connectivity index (χ1v) is 23.3. The summed E-state index contributed by atoms with van der Waals surface area (Å²) in [6.45, 7) is 0. The molecule has 1 aromatic heterocycles. The second-order valence-electron chi connectivity index (χ2n) is 17.4. The van der Waals surface area contributed by atoms with Gasteiger partial charge in [0.05, 0.1) is 11.0 Å².